The maximum Gasteiger partial charge on any atom is 0.119 e. The van der Waals surface area contributed by atoms with Gasteiger partial charge in [-0.25, -0.2) is 0 Å². The van der Waals surface area contributed by atoms with Crippen molar-refractivity contribution >= 4 is 0 Å². The molecule has 0 saturated heterocycles. The average molecular weight is 277 g/mol. The quantitative estimate of drug-likeness (QED) is 0.737. The topological polar surface area (TPSA) is 30.5 Å². The van der Waals surface area contributed by atoms with E-state index in [1.54, 1.807) is 0 Å². The van der Waals surface area contributed by atoms with Crippen LogP contribution in [-0.2, 0) is 11.3 Å². The lowest BCUT2D eigenvalue weighted by atomic mass is 10.2. The molecule has 1 N–H and O–H groups in total. The van der Waals surface area contributed by atoms with Crippen LogP contribution >= 0.6 is 0 Å². The molecule has 1 fully saturated rings. The van der Waals surface area contributed by atoms with Crippen molar-refractivity contribution in [3.63, 3.8) is 0 Å². The van der Waals surface area contributed by atoms with Gasteiger partial charge < -0.3 is 14.8 Å². The molecular formula is C17H27NO2. The summed E-state index contributed by atoms with van der Waals surface area (Å²) >= 11 is 0. The van der Waals surface area contributed by atoms with Crippen molar-refractivity contribution in [2.24, 2.45) is 0 Å². The summed E-state index contributed by atoms with van der Waals surface area (Å²) in [7, 11) is 0. The Morgan fingerprint density at radius 2 is 1.85 bits per heavy atom. The number of benzene rings is 1. The van der Waals surface area contributed by atoms with Gasteiger partial charge in [-0.15, -0.1) is 0 Å². The lowest BCUT2D eigenvalue weighted by Crippen LogP contribution is -2.21. The van der Waals surface area contributed by atoms with Gasteiger partial charge in [-0.05, 0) is 44.4 Å². The number of rotatable bonds is 8. The third-order valence-electron chi connectivity index (χ3n) is 3.56. The first kappa shape index (κ1) is 15.3. The molecule has 0 radical (unpaired) electrons. The van der Waals surface area contributed by atoms with Crippen LogP contribution in [0.1, 0.15) is 45.1 Å². The largest absolute Gasteiger partial charge is 0.491 e. The van der Waals surface area contributed by atoms with Crippen LogP contribution in [0, 0.1) is 0 Å². The second kappa shape index (κ2) is 8.28. The van der Waals surface area contributed by atoms with Crippen molar-refractivity contribution in [2.45, 2.75) is 58.3 Å². The average Bonchev–Trinajstić information content (AvgIpc) is 2.93. The van der Waals surface area contributed by atoms with E-state index in [1.807, 2.05) is 26.0 Å². The summed E-state index contributed by atoms with van der Waals surface area (Å²) in [5.41, 5.74) is 1.28. The zero-order valence-electron chi connectivity index (χ0n) is 12.7. The molecule has 0 spiro atoms. The van der Waals surface area contributed by atoms with Crippen molar-refractivity contribution in [2.75, 3.05) is 13.2 Å². The summed E-state index contributed by atoms with van der Waals surface area (Å²) in [5, 5.41) is 3.42. The van der Waals surface area contributed by atoms with Gasteiger partial charge in [0.2, 0.25) is 0 Å². The zero-order chi connectivity index (χ0) is 14.2. The number of nitrogens with one attached hydrogen (secondary N) is 1. The molecule has 1 aromatic carbocycles. The molecule has 0 aliphatic heterocycles. The SMILES string of the molecule is CC(C)Oc1ccc(CNCCOC2CCCC2)cc1. The van der Waals surface area contributed by atoms with Crippen LogP contribution in [-0.4, -0.2) is 25.4 Å². The maximum absolute atomic E-state index is 5.82. The number of ether oxygens (including phenoxy) is 2. The summed E-state index contributed by atoms with van der Waals surface area (Å²) in [6.45, 7) is 6.70. The minimum atomic E-state index is 0.228. The van der Waals surface area contributed by atoms with E-state index in [0.717, 1.165) is 25.4 Å². The molecule has 2 rings (SSSR count). The minimum Gasteiger partial charge on any atom is -0.491 e. The van der Waals surface area contributed by atoms with E-state index in [9.17, 15) is 0 Å². The first-order chi connectivity index (χ1) is 9.74. The molecule has 3 nitrogen and oxygen atoms in total. The van der Waals surface area contributed by atoms with Crippen LogP contribution in [0.5, 0.6) is 5.75 Å². The monoisotopic (exact) mass is 277 g/mol. The molecule has 0 unspecified atom stereocenters. The highest BCUT2D eigenvalue weighted by molar-refractivity contribution is 5.27. The fourth-order valence-corrected chi connectivity index (χ4v) is 2.54. The van der Waals surface area contributed by atoms with E-state index >= 15 is 0 Å². The Bertz CT molecular complexity index is 369. The highest BCUT2D eigenvalue weighted by Gasteiger charge is 2.14. The van der Waals surface area contributed by atoms with Gasteiger partial charge in [-0.1, -0.05) is 25.0 Å². The van der Waals surface area contributed by atoms with Crippen molar-refractivity contribution in [3.8, 4) is 5.75 Å². The van der Waals surface area contributed by atoms with Gasteiger partial charge in [0.05, 0.1) is 18.8 Å². The normalized spacial score (nSPS) is 15.9. The smallest absolute Gasteiger partial charge is 0.119 e. The predicted octanol–water partition coefficient (Wildman–Crippen LogP) is 3.52. The molecule has 0 aromatic heterocycles. The Labute approximate surface area is 122 Å². The van der Waals surface area contributed by atoms with E-state index in [2.05, 4.69) is 17.4 Å². The summed E-state index contributed by atoms with van der Waals surface area (Å²) in [4.78, 5) is 0. The fraction of sp³-hybridized carbons (Fsp3) is 0.647. The van der Waals surface area contributed by atoms with Gasteiger partial charge in [-0.3, -0.25) is 0 Å². The van der Waals surface area contributed by atoms with Gasteiger partial charge in [0.15, 0.2) is 0 Å². The highest BCUT2D eigenvalue weighted by atomic mass is 16.5. The van der Waals surface area contributed by atoms with E-state index in [-0.39, 0.29) is 6.10 Å². The van der Waals surface area contributed by atoms with Crippen LogP contribution in [0.4, 0.5) is 0 Å². The molecule has 112 valence electrons. The number of hydrogen-bond donors (Lipinski definition) is 1. The first-order valence-electron chi connectivity index (χ1n) is 7.82. The van der Waals surface area contributed by atoms with Crippen molar-refractivity contribution in [3.05, 3.63) is 29.8 Å². The lowest BCUT2D eigenvalue weighted by Gasteiger charge is -2.12. The van der Waals surface area contributed by atoms with Crippen molar-refractivity contribution in [1.82, 2.24) is 5.32 Å². The van der Waals surface area contributed by atoms with E-state index < -0.39 is 0 Å². The first-order valence-corrected chi connectivity index (χ1v) is 7.82. The Morgan fingerprint density at radius 1 is 1.15 bits per heavy atom. The second-order valence-corrected chi connectivity index (χ2v) is 5.76. The standard InChI is InChI=1S/C17H27NO2/c1-14(2)20-17-9-7-15(8-10-17)13-18-11-12-19-16-5-3-4-6-16/h7-10,14,16,18H,3-6,11-13H2,1-2H3. The van der Waals surface area contributed by atoms with E-state index in [4.69, 9.17) is 9.47 Å². The van der Waals surface area contributed by atoms with E-state index in [0.29, 0.717) is 6.10 Å². The molecule has 0 atom stereocenters. The van der Waals surface area contributed by atoms with Crippen LogP contribution in [0.15, 0.2) is 24.3 Å². The molecule has 0 amide bonds. The van der Waals surface area contributed by atoms with Crippen LogP contribution in [0.3, 0.4) is 0 Å². The third kappa shape index (κ3) is 5.51. The minimum absolute atomic E-state index is 0.228. The molecule has 0 bridgehead atoms. The Morgan fingerprint density at radius 3 is 2.50 bits per heavy atom. The van der Waals surface area contributed by atoms with Gasteiger partial charge >= 0.3 is 0 Å². The second-order valence-electron chi connectivity index (χ2n) is 5.76. The van der Waals surface area contributed by atoms with Crippen LogP contribution in [0.2, 0.25) is 0 Å². The molecule has 1 aromatic rings. The summed E-state index contributed by atoms with van der Waals surface area (Å²) < 4.78 is 11.4. The maximum atomic E-state index is 5.82. The molecule has 3 heteroatoms. The van der Waals surface area contributed by atoms with Crippen LogP contribution in [0.25, 0.3) is 0 Å². The Balaban J connectivity index is 1.58. The zero-order valence-corrected chi connectivity index (χ0v) is 12.7. The summed E-state index contributed by atoms with van der Waals surface area (Å²) in [6.07, 6.45) is 5.91. The highest BCUT2D eigenvalue weighted by Crippen LogP contribution is 2.20. The third-order valence-corrected chi connectivity index (χ3v) is 3.56. The summed E-state index contributed by atoms with van der Waals surface area (Å²) in [5.74, 6) is 0.938. The fourth-order valence-electron chi connectivity index (χ4n) is 2.54. The van der Waals surface area contributed by atoms with Gasteiger partial charge in [-0.2, -0.15) is 0 Å². The van der Waals surface area contributed by atoms with Crippen molar-refractivity contribution < 1.29 is 9.47 Å². The van der Waals surface area contributed by atoms with Crippen molar-refractivity contribution in [1.29, 1.82) is 0 Å². The molecule has 1 aliphatic rings. The van der Waals surface area contributed by atoms with Gasteiger partial charge in [0.25, 0.3) is 0 Å². The molecule has 1 saturated carbocycles. The molecule has 1 aliphatic carbocycles. The molecular weight excluding hydrogens is 250 g/mol. The number of hydrogen-bond acceptors (Lipinski definition) is 3. The molecule has 0 heterocycles. The van der Waals surface area contributed by atoms with Gasteiger partial charge in [0, 0.05) is 13.1 Å². The van der Waals surface area contributed by atoms with Crippen LogP contribution < -0.4 is 10.1 Å². The Hall–Kier alpha value is -1.06. The van der Waals surface area contributed by atoms with Gasteiger partial charge in [0.1, 0.15) is 5.75 Å². The Kier molecular flexibility index (Phi) is 6.34. The molecule has 20 heavy (non-hydrogen) atoms. The summed E-state index contributed by atoms with van der Waals surface area (Å²) in [6, 6.07) is 8.29. The lowest BCUT2D eigenvalue weighted by molar-refractivity contribution is 0.0602. The predicted molar refractivity (Wildman–Crippen MR) is 82.1 cm³/mol. The van der Waals surface area contributed by atoms with E-state index in [1.165, 1.54) is 31.2 Å².